The highest BCUT2D eigenvalue weighted by molar-refractivity contribution is 7.80. The van der Waals surface area contributed by atoms with Gasteiger partial charge in [0.1, 0.15) is 0 Å². The Bertz CT molecular complexity index is 197. The number of hydrogen-bond acceptors (Lipinski definition) is 4. The molecule has 0 saturated heterocycles. The van der Waals surface area contributed by atoms with Crippen LogP contribution in [0.2, 0.25) is 0 Å². The average molecular weight is 264 g/mol. The van der Waals surface area contributed by atoms with Crippen LogP contribution in [0, 0.1) is 0 Å². The van der Waals surface area contributed by atoms with Crippen molar-refractivity contribution < 1.29 is 14.2 Å². The fraction of sp³-hybridized carbons (Fsp3) is 0.909. The van der Waals surface area contributed by atoms with Gasteiger partial charge in [0, 0.05) is 40.5 Å². The van der Waals surface area contributed by atoms with Gasteiger partial charge in [-0.2, -0.15) is 0 Å². The van der Waals surface area contributed by atoms with E-state index in [4.69, 9.17) is 26.4 Å². The Hall–Kier alpha value is -0.430. The summed E-state index contributed by atoms with van der Waals surface area (Å²) in [6.07, 6.45) is 0. The zero-order chi connectivity index (χ0) is 13.1. The summed E-state index contributed by atoms with van der Waals surface area (Å²) in [5.41, 5.74) is 0. The maximum atomic E-state index is 5.34. The molecule has 0 spiro atoms. The Labute approximate surface area is 109 Å². The monoisotopic (exact) mass is 264 g/mol. The van der Waals surface area contributed by atoms with E-state index in [1.807, 2.05) is 11.8 Å². The van der Waals surface area contributed by atoms with Crippen LogP contribution in [0.5, 0.6) is 0 Å². The van der Waals surface area contributed by atoms with Gasteiger partial charge in [-0.25, -0.2) is 0 Å². The van der Waals surface area contributed by atoms with Gasteiger partial charge in [-0.15, -0.1) is 0 Å². The van der Waals surface area contributed by atoms with Crippen LogP contribution >= 0.6 is 12.2 Å². The van der Waals surface area contributed by atoms with Crippen molar-refractivity contribution in [3.8, 4) is 0 Å². The van der Waals surface area contributed by atoms with Crippen LogP contribution in [0.4, 0.5) is 0 Å². The molecule has 0 heterocycles. The molecule has 0 aromatic heterocycles. The molecule has 1 N–H and O–H groups in total. The number of hydrogen-bond donors (Lipinski definition) is 1. The van der Waals surface area contributed by atoms with Crippen LogP contribution < -0.4 is 5.32 Å². The van der Waals surface area contributed by atoms with E-state index in [0.29, 0.717) is 24.9 Å². The van der Waals surface area contributed by atoms with Crippen molar-refractivity contribution in [2.24, 2.45) is 0 Å². The first-order valence-electron chi connectivity index (χ1n) is 5.68. The number of nitrogens with one attached hydrogen (secondary N) is 1. The fourth-order valence-electron chi connectivity index (χ4n) is 1.31. The largest absolute Gasteiger partial charge is 0.383 e. The molecule has 0 aliphatic carbocycles. The minimum absolute atomic E-state index is 0.195. The highest BCUT2D eigenvalue weighted by atomic mass is 32.1. The Kier molecular flexibility index (Phi) is 10.4. The minimum Gasteiger partial charge on any atom is -0.383 e. The Morgan fingerprint density at radius 2 is 1.65 bits per heavy atom. The smallest absolute Gasteiger partial charge is 0.169 e. The molecule has 5 nitrogen and oxygen atoms in total. The summed E-state index contributed by atoms with van der Waals surface area (Å²) in [5, 5.41) is 3.93. The number of rotatable bonds is 9. The molecule has 0 amide bonds. The maximum Gasteiger partial charge on any atom is 0.169 e. The molecule has 0 aliphatic heterocycles. The third-order valence-corrected chi connectivity index (χ3v) is 2.58. The Morgan fingerprint density at radius 1 is 1.12 bits per heavy atom. The van der Waals surface area contributed by atoms with E-state index in [1.54, 1.807) is 21.3 Å². The highest BCUT2D eigenvalue weighted by Crippen LogP contribution is 1.94. The molecule has 6 heteroatoms. The van der Waals surface area contributed by atoms with Crippen LogP contribution in [-0.2, 0) is 14.2 Å². The first kappa shape index (κ1) is 16.6. The number of nitrogens with zero attached hydrogens (tertiary/aromatic N) is 1. The van der Waals surface area contributed by atoms with E-state index in [2.05, 4.69) is 5.32 Å². The van der Waals surface area contributed by atoms with E-state index in [0.717, 1.165) is 13.1 Å². The van der Waals surface area contributed by atoms with Crippen molar-refractivity contribution in [2.75, 3.05) is 54.2 Å². The SMILES string of the molecule is COCCN(CCOC)C(=S)NC(C)COC. The van der Waals surface area contributed by atoms with Crippen LogP contribution in [0.3, 0.4) is 0 Å². The molecule has 0 aromatic rings. The highest BCUT2D eigenvalue weighted by Gasteiger charge is 2.11. The fourth-order valence-corrected chi connectivity index (χ4v) is 1.70. The molecule has 17 heavy (non-hydrogen) atoms. The molecule has 0 radical (unpaired) electrons. The first-order chi connectivity index (χ1) is 8.15. The number of methoxy groups -OCH3 is 3. The van der Waals surface area contributed by atoms with Crippen LogP contribution in [0.15, 0.2) is 0 Å². The van der Waals surface area contributed by atoms with Crippen molar-refractivity contribution in [1.82, 2.24) is 10.2 Å². The molecule has 0 saturated carbocycles. The molecule has 102 valence electrons. The third-order valence-electron chi connectivity index (χ3n) is 2.20. The van der Waals surface area contributed by atoms with E-state index < -0.39 is 0 Å². The summed E-state index contributed by atoms with van der Waals surface area (Å²) >= 11 is 5.34. The summed E-state index contributed by atoms with van der Waals surface area (Å²) in [6, 6.07) is 0.195. The topological polar surface area (TPSA) is 43.0 Å². The van der Waals surface area contributed by atoms with Crippen molar-refractivity contribution in [3.63, 3.8) is 0 Å². The summed E-state index contributed by atoms with van der Waals surface area (Å²) in [4.78, 5) is 2.04. The summed E-state index contributed by atoms with van der Waals surface area (Å²) < 4.78 is 15.2. The van der Waals surface area contributed by atoms with Crippen LogP contribution in [0.1, 0.15) is 6.92 Å². The molecule has 1 atom stereocenters. The van der Waals surface area contributed by atoms with Crippen molar-refractivity contribution in [2.45, 2.75) is 13.0 Å². The first-order valence-corrected chi connectivity index (χ1v) is 6.08. The van der Waals surface area contributed by atoms with Crippen LogP contribution in [0.25, 0.3) is 0 Å². The Morgan fingerprint density at radius 3 is 2.06 bits per heavy atom. The average Bonchev–Trinajstić information content (AvgIpc) is 2.29. The van der Waals surface area contributed by atoms with Gasteiger partial charge in [0.05, 0.1) is 19.8 Å². The second-order valence-corrected chi connectivity index (χ2v) is 4.17. The number of thiocarbonyl (C=S) groups is 1. The number of ether oxygens (including phenoxy) is 3. The van der Waals surface area contributed by atoms with E-state index >= 15 is 0 Å². The predicted molar refractivity (Wildman–Crippen MR) is 72.4 cm³/mol. The van der Waals surface area contributed by atoms with Gasteiger partial charge >= 0.3 is 0 Å². The van der Waals surface area contributed by atoms with Crippen molar-refractivity contribution in [3.05, 3.63) is 0 Å². The standard InChI is InChI=1S/C11H24N2O3S/c1-10(9-16-4)12-11(17)13(5-7-14-2)6-8-15-3/h10H,5-9H2,1-4H3,(H,12,17). The summed E-state index contributed by atoms with van der Waals surface area (Å²) in [5.74, 6) is 0. The second-order valence-electron chi connectivity index (χ2n) is 3.78. The molecule has 0 aliphatic rings. The van der Waals surface area contributed by atoms with Crippen molar-refractivity contribution >= 4 is 17.3 Å². The van der Waals surface area contributed by atoms with Gasteiger partial charge in [-0.1, -0.05) is 0 Å². The summed E-state index contributed by atoms with van der Waals surface area (Å²) in [6.45, 7) is 5.45. The lowest BCUT2D eigenvalue weighted by molar-refractivity contribution is 0.143. The molecular formula is C11H24N2O3S. The molecule has 0 fully saturated rings. The zero-order valence-electron chi connectivity index (χ0n) is 11.2. The minimum atomic E-state index is 0.195. The van der Waals surface area contributed by atoms with Gasteiger partial charge in [0.15, 0.2) is 5.11 Å². The lowest BCUT2D eigenvalue weighted by Crippen LogP contribution is -2.47. The predicted octanol–water partition coefficient (Wildman–Crippen LogP) is 0.491. The normalized spacial score (nSPS) is 12.2. The lowest BCUT2D eigenvalue weighted by Gasteiger charge is -2.27. The van der Waals surface area contributed by atoms with Gasteiger partial charge in [-0.3, -0.25) is 0 Å². The Balaban J connectivity index is 4.10. The van der Waals surface area contributed by atoms with Crippen LogP contribution in [-0.4, -0.2) is 70.3 Å². The summed E-state index contributed by atoms with van der Waals surface area (Å²) in [7, 11) is 5.03. The van der Waals surface area contributed by atoms with Gasteiger partial charge < -0.3 is 24.4 Å². The van der Waals surface area contributed by atoms with E-state index in [-0.39, 0.29) is 6.04 Å². The zero-order valence-corrected chi connectivity index (χ0v) is 12.0. The van der Waals surface area contributed by atoms with E-state index in [1.165, 1.54) is 0 Å². The second kappa shape index (κ2) is 10.7. The molecule has 1 unspecified atom stereocenters. The van der Waals surface area contributed by atoms with Gasteiger partial charge in [-0.05, 0) is 19.1 Å². The molecule has 0 bridgehead atoms. The van der Waals surface area contributed by atoms with Gasteiger partial charge in [0.25, 0.3) is 0 Å². The van der Waals surface area contributed by atoms with Crippen molar-refractivity contribution in [1.29, 1.82) is 0 Å². The quantitative estimate of drug-likeness (QED) is 0.612. The lowest BCUT2D eigenvalue weighted by atomic mass is 10.4. The maximum absolute atomic E-state index is 5.34. The molecular weight excluding hydrogens is 240 g/mol. The molecule has 0 aromatic carbocycles. The third kappa shape index (κ3) is 8.31. The van der Waals surface area contributed by atoms with E-state index in [9.17, 15) is 0 Å². The molecule has 0 rings (SSSR count). The van der Waals surface area contributed by atoms with Gasteiger partial charge in [0.2, 0.25) is 0 Å².